The molecule has 0 saturated heterocycles. The third kappa shape index (κ3) is 5.52. The number of aliphatic hydroxyl groups excluding tert-OH is 1. The largest absolute Gasteiger partial charge is 0.469 e. The Hall–Kier alpha value is -0.560. The molecule has 19 heavy (non-hydrogen) atoms. The van der Waals surface area contributed by atoms with Crippen LogP contribution in [0.15, 0.2) is 12.1 Å². The van der Waals surface area contributed by atoms with Gasteiger partial charge in [-0.2, -0.15) is 11.8 Å². The summed E-state index contributed by atoms with van der Waals surface area (Å²) < 4.78 is 4.64. The Bertz CT molecular complexity index is 391. The second kappa shape index (κ2) is 8.58. The Morgan fingerprint density at radius 3 is 2.79 bits per heavy atom. The van der Waals surface area contributed by atoms with Crippen LogP contribution in [0.25, 0.3) is 0 Å². The molecule has 6 heteroatoms. The fourth-order valence-corrected chi connectivity index (χ4v) is 3.26. The maximum Gasteiger partial charge on any atom is 0.310 e. The normalized spacial score (nSPS) is 14.1. The number of ether oxygens (including phenoxy) is 1. The highest BCUT2D eigenvalue weighted by Gasteiger charge is 2.14. The first-order chi connectivity index (χ1) is 9.10. The van der Waals surface area contributed by atoms with E-state index in [-0.39, 0.29) is 23.9 Å². The first-order valence-electron chi connectivity index (χ1n) is 6.12. The molecule has 4 nitrogen and oxygen atoms in total. The summed E-state index contributed by atoms with van der Waals surface area (Å²) >= 11 is 3.27. The van der Waals surface area contributed by atoms with Gasteiger partial charge in [0.05, 0.1) is 20.1 Å². The summed E-state index contributed by atoms with van der Waals surface area (Å²) in [6.45, 7) is 3.00. The van der Waals surface area contributed by atoms with Crippen LogP contribution in [0.5, 0.6) is 0 Å². The number of methoxy groups -OCH3 is 1. The van der Waals surface area contributed by atoms with Gasteiger partial charge >= 0.3 is 5.97 Å². The third-order valence-electron chi connectivity index (χ3n) is 2.90. The highest BCUT2D eigenvalue weighted by atomic mass is 32.2. The molecule has 0 saturated carbocycles. The first kappa shape index (κ1) is 16.5. The monoisotopic (exact) mass is 303 g/mol. The topological polar surface area (TPSA) is 58.6 Å². The minimum absolute atomic E-state index is 0.174. The molecule has 1 heterocycles. The van der Waals surface area contributed by atoms with Gasteiger partial charge in [0.2, 0.25) is 0 Å². The lowest BCUT2D eigenvalue weighted by Crippen LogP contribution is -2.36. The molecule has 2 N–H and O–H groups in total. The van der Waals surface area contributed by atoms with Gasteiger partial charge < -0.3 is 15.2 Å². The number of esters is 1. The van der Waals surface area contributed by atoms with Gasteiger partial charge in [0.15, 0.2) is 0 Å². The zero-order valence-corrected chi connectivity index (χ0v) is 13.1. The van der Waals surface area contributed by atoms with Crippen LogP contribution >= 0.6 is 23.1 Å². The van der Waals surface area contributed by atoms with Crippen molar-refractivity contribution in [2.75, 3.05) is 20.0 Å². The standard InChI is InChI=1S/C13H21NO3S2/c1-9(12(8-15)18-3)14-7-11-5-4-10(19-11)6-13(16)17-2/h4-5,9,12,14-15H,6-8H2,1-3H3. The molecule has 0 aliphatic rings. The van der Waals surface area contributed by atoms with Crippen molar-refractivity contribution < 1.29 is 14.6 Å². The van der Waals surface area contributed by atoms with Crippen LogP contribution in [-0.4, -0.2) is 42.3 Å². The van der Waals surface area contributed by atoms with Crippen molar-refractivity contribution in [3.8, 4) is 0 Å². The van der Waals surface area contributed by atoms with E-state index in [0.29, 0.717) is 6.42 Å². The quantitative estimate of drug-likeness (QED) is 0.715. The molecule has 2 atom stereocenters. The van der Waals surface area contributed by atoms with Crippen molar-refractivity contribution in [1.82, 2.24) is 5.32 Å². The van der Waals surface area contributed by atoms with Gasteiger partial charge in [0.25, 0.3) is 0 Å². The van der Waals surface area contributed by atoms with Gasteiger partial charge in [-0.15, -0.1) is 11.3 Å². The van der Waals surface area contributed by atoms with E-state index < -0.39 is 0 Å². The summed E-state index contributed by atoms with van der Waals surface area (Å²) in [6.07, 6.45) is 2.33. The summed E-state index contributed by atoms with van der Waals surface area (Å²) in [7, 11) is 1.40. The van der Waals surface area contributed by atoms with Crippen molar-refractivity contribution >= 4 is 29.1 Å². The van der Waals surface area contributed by atoms with Crippen LogP contribution in [0.1, 0.15) is 16.7 Å². The summed E-state index contributed by atoms with van der Waals surface area (Å²) in [5, 5.41) is 12.8. The Morgan fingerprint density at radius 2 is 2.21 bits per heavy atom. The van der Waals surface area contributed by atoms with Crippen molar-refractivity contribution in [3.05, 3.63) is 21.9 Å². The molecule has 1 rings (SSSR count). The van der Waals surface area contributed by atoms with E-state index in [1.165, 1.54) is 12.0 Å². The number of hydrogen-bond acceptors (Lipinski definition) is 6. The molecular weight excluding hydrogens is 282 g/mol. The molecule has 0 bridgehead atoms. The number of thioether (sulfide) groups is 1. The predicted octanol–water partition coefficient (Wildman–Crippen LogP) is 1.67. The zero-order valence-electron chi connectivity index (χ0n) is 11.5. The van der Waals surface area contributed by atoms with Crippen LogP contribution in [0.2, 0.25) is 0 Å². The van der Waals surface area contributed by atoms with Gasteiger partial charge in [-0.05, 0) is 25.3 Å². The summed E-state index contributed by atoms with van der Waals surface area (Å²) in [4.78, 5) is 13.4. The van der Waals surface area contributed by atoms with Crippen LogP contribution in [0.3, 0.4) is 0 Å². The molecule has 0 aliphatic heterocycles. The maximum atomic E-state index is 11.2. The molecule has 1 aromatic heterocycles. The lowest BCUT2D eigenvalue weighted by Gasteiger charge is -2.20. The van der Waals surface area contributed by atoms with E-state index in [2.05, 4.69) is 17.0 Å². The van der Waals surface area contributed by atoms with Gasteiger partial charge in [-0.3, -0.25) is 4.79 Å². The smallest absolute Gasteiger partial charge is 0.310 e. The number of carbonyl (C=O) groups excluding carboxylic acids is 1. The molecule has 0 amide bonds. The van der Waals surface area contributed by atoms with Crippen molar-refractivity contribution in [2.24, 2.45) is 0 Å². The molecule has 0 aromatic carbocycles. The van der Waals surface area contributed by atoms with Crippen molar-refractivity contribution in [1.29, 1.82) is 0 Å². The lowest BCUT2D eigenvalue weighted by atomic mass is 10.2. The highest BCUT2D eigenvalue weighted by molar-refractivity contribution is 7.99. The Morgan fingerprint density at radius 1 is 1.53 bits per heavy atom. The van der Waals surface area contributed by atoms with Crippen LogP contribution in [-0.2, 0) is 22.5 Å². The predicted molar refractivity (Wildman–Crippen MR) is 80.7 cm³/mol. The minimum Gasteiger partial charge on any atom is -0.469 e. The summed E-state index contributed by atoms with van der Waals surface area (Å²) in [5.41, 5.74) is 0. The summed E-state index contributed by atoms with van der Waals surface area (Å²) in [6, 6.07) is 4.23. The van der Waals surface area contributed by atoms with Crippen molar-refractivity contribution in [2.45, 2.75) is 31.2 Å². The molecule has 0 fully saturated rings. The Labute approximate surface area is 122 Å². The SMILES string of the molecule is COC(=O)Cc1ccc(CNC(C)C(CO)SC)s1. The maximum absolute atomic E-state index is 11.2. The second-order valence-corrected chi connectivity index (χ2v) is 6.58. The fourth-order valence-electron chi connectivity index (χ4n) is 1.66. The lowest BCUT2D eigenvalue weighted by molar-refractivity contribution is -0.139. The summed E-state index contributed by atoms with van der Waals surface area (Å²) in [5.74, 6) is -0.211. The number of aliphatic hydroxyl groups is 1. The van der Waals surface area contributed by atoms with Crippen LogP contribution < -0.4 is 5.32 Å². The molecule has 2 unspecified atom stereocenters. The number of carbonyl (C=O) groups is 1. The molecule has 0 spiro atoms. The van der Waals surface area contributed by atoms with E-state index in [1.54, 1.807) is 23.1 Å². The number of nitrogens with one attached hydrogen (secondary N) is 1. The van der Waals surface area contributed by atoms with Crippen LogP contribution in [0.4, 0.5) is 0 Å². The second-order valence-electron chi connectivity index (χ2n) is 4.25. The highest BCUT2D eigenvalue weighted by Crippen LogP contribution is 2.18. The van der Waals surface area contributed by atoms with Gasteiger partial charge in [-0.1, -0.05) is 0 Å². The molecule has 108 valence electrons. The van der Waals surface area contributed by atoms with Gasteiger partial charge in [0.1, 0.15) is 0 Å². The van der Waals surface area contributed by atoms with E-state index in [1.807, 2.05) is 18.4 Å². The fraction of sp³-hybridized carbons (Fsp3) is 0.615. The molecule has 1 aromatic rings. The van der Waals surface area contributed by atoms with E-state index in [9.17, 15) is 9.90 Å². The van der Waals surface area contributed by atoms with E-state index in [4.69, 9.17) is 0 Å². The molecule has 0 radical (unpaired) electrons. The van der Waals surface area contributed by atoms with Crippen molar-refractivity contribution in [3.63, 3.8) is 0 Å². The molecule has 0 aliphatic carbocycles. The average Bonchev–Trinajstić information content (AvgIpc) is 2.85. The molecular formula is C13H21NO3S2. The first-order valence-corrected chi connectivity index (χ1v) is 8.22. The van der Waals surface area contributed by atoms with Gasteiger partial charge in [0, 0.05) is 27.6 Å². The average molecular weight is 303 g/mol. The zero-order chi connectivity index (χ0) is 14.3. The number of hydrogen-bond donors (Lipinski definition) is 2. The van der Waals surface area contributed by atoms with Crippen LogP contribution in [0, 0.1) is 0 Å². The number of thiophene rings is 1. The minimum atomic E-state index is -0.211. The Balaban J connectivity index is 2.43. The van der Waals surface area contributed by atoms with E-state index >= 15 is 0 Å². The third-order valence-corrected chi connectivity index (χ3v) is 5.15. The van der Waals surface area contributed by atoms with E-state index in [0.717, 1.165) is 11.4 Å². The Kier molecular flexibility index (Phi) is 7.45. The number of rotatable bonds is 8. The van der Waals surface area contributed by atoms with Gasteiger partial charge in [-0.25, -0.2) is 0 Å².